The number of hydrogen-bond donors (Lipinski definition) is 0. The molecule has 2 aromatic carbocycles. The molecule has 0 bridgehead atoms. The van der Waals surface area contributed by atoms with Crippen molar-refractivity contribution < 1.29 is 12.6 Å². The third-order valence-electron chi connectivity index (χ3n) is 3.54. The summed E-state index contributed by atoms with van der Waals surface area (Å²) in [5.41, 5.74) is 2.62. The molecule has 26 heavy (non-hydrogen) atoms. The Labute approximate surface area is 153 Å². The van der Waals surface area contributed by atoms with Crippen LogP contribution in [0, 0.1) is 30.6 Å². The van der Waals surface area contributed by atoms with E-state index in [2.05, 4.69) is 28.7 Å². The number of para-hydroxylation sites is 1. The van der Waals surface area contributed by atoms with E-state index < -0.39 is 10.1 Å². The first-order chi connectivity index (χ1) is 12.5. The lowest BCUT2D eigenvalue weighted by Gasteiger charge is -2.02. The van der Waals surface area contributed by atoms with Gasteiger partial charge in [0.1, 0.15) is 6.61 Å². The molecular weight excluding hydrogens is 346 g/mol. The van der Waals surface area contributed by atoms with Gasteiger partial charge in [0.2, 0.25) is 0 Å². The van der Waals surface area contributed by atoms with Crippen molar-refractivity contribution in [3.63, 3.8) is 0 Å². The van der Waals surface area contributed by atoms with E-state index in [4.69, 9.17) is 4.18 Å². The van der Waals surface area contributed by atoms with Crippen LogP contribution in [0.25, 0.3) is 10.9 Å². The van der Waals surface area contributed by atoms with E-state index in [0.29, 0.717) is 0 Å². The van der Waals surface area contributed by atoms with E-state index in [1.807, 2.05) is 37.3 Å². The second-order valence-electron chi connectivity index (χ2n) is 5.50. The molecular formula is C21H15NO3S. The van der Waals surface area contributed by atoms with Gasteiger partial charge in [-0.1, -0.05) is 47.7 Å². The summed E-state index contributed by atoms with van der Waals surface area (Å²) in [6.07, 6.45) is 1.68. The second-order valence-corrected chi connectivity index (χ2v) is 7.11. The van der Waals surface area contributed by atoms with Crippen LogP contribution in [0.5, 0.6) is 0 Å². The first-order valence-electron chi connectivity index (χ1n) is 7.84. The zero-order valence-electron chi connectivity index (χ0n) is 14.1. The van der Waals surface area contributed by atoms with Crippen LogP contribution in [-0.4, -0.2) is 20.0 Å². The summed E-state index contributed by atoms with van der Waals surface area (Å²) in [5.74, 6) is 10.7. The minimum absolute atomic E-state index is 0.109. The Bertz CT molecular complexity index is 1160. The zero-order valence-corrected chi connectivity index (χ0v) is 14.9. The highest BCUT2D eigenvalue weighted by Crippen LogP contribution is 2.13. The highest BCUT2D eigenvalue weighted by Gasteiger charge is 2.13. The number of rotatable bonds is 3. The van der Waals surface area contributed by atoms with Gasteiger partial charge in [-0.05, 0) is 43.0 Å². The highest BCUT2D eigenvalue weighted by atomic mass is 32.2. The maximum Gasteiger partial charge on any atom is 0.297 e. The molecule has 128 valence electrons. The first kappa shape index (κ1) is 17.7. The molecule has 0 spiro atoms. The summed E-state index contributed by atoms with van der Waals surface area (Å²) in [6.45, 7) is 1.63. The molecule has 0 fully saturated rings. The molecule has 0 radical (unpaired) electrons. The SMILES string of the molecule is Cc1ccc(S(=O)(=O)OCC#CC#Cc2cnc3ccccc3c2)cc1. The molecule has 0 saturated carbocycles. The molecule has 1 heterocycles. The van der Waals surface area contributed by atoms with Gasteiger partial charge in [-0.15, -0.1) is 0 Å². The van der Waals surface area contributed by atoms with Crippen molar-refractivity contribution in [2.24, 2.45) is 0 Å². The van der Waals surface area contributed by atoms with Crippen LogP contribution in [0.4, 0.5) is 0 Å². The Morgan fingerprint density at radius 3 is 2.62 bits per heavy atom. The van der Waals surface area contributed by atoms with Crippen LogP contribution >= 0.6 is 0 Å². The smallest absolute Gasteiger partial charge is 0.255 e. The van der Waals surface area contributed by atoms with Crippen molar-refractivity contribution in [1.29, 1.82) is 0 Å². The Balaban J connectivity index is 1.62. The van der Waals surface area contributed by atoms with Gasteiger partial charge in [0.15, 0.2) is 0 Å². The third-order valence-corrected chi connectivity index (χ3v) is 4.82. The molecule has 0 aliphatic rings. The molecule has 1 aromatic heterocycles. The Kier molecular flexibility index (Phi) is 5.34. The summed E-state index contributed by atoms with van der Waals surface area (Å²) >= 11 is 0. The second kappa shape index (κ2) is 7.84. The fourth-order valence-electron chi connectivity index (χ4n) is 2.20. The Morgan fingerprint density at radius 2 is 1.81 bits per heavy atom. The number of pyridine rings is 1. The van der Waals surface area contributed by atoms with Crippen molar-refractivity contribution in [2.75, 3.05) is 6.61 Å². The lowest BCUT2D eigenvalue weighted by atomic mass is 10.2. The van der Waals surface area contributed by atoms with Crippen molar-refractivity contribution in [1.82, 2.24) is 4.98 Å². The normalized spacial score (nSPS) is 10.5. The molecule has 0 unspecified atom stereocenters. The standard InChI is InChI=1S/C21H15NO3S/c1-17-10-12-20(13-11-17)26(23,24)25-14-6-2-3-7-18-15-19-8-4-5-9-21(19)22-16-18/h4-5,8-13,15-16H,14H2,1H3. The largest absolute Gasteiger partial charge is 0.297 e. The van der Waals surface area contributed by atoms with Crippen LogP contribution < -0.4 is 0 Å². The minimum Gasteiger partial charge on any atom is -0.255 e. The number of hydrogen-bond acceptors (Lipinski definition) is 4. The van der Waals surface area contributed by atoms with Gasteiger partial charge in [-0.3, -0.25) is 9.17 Å². The lowest BCUT2D eigenvalue weighted by Crippen LogP contribution is -2.06. The van der Waals surface area contributed by atoms with E-state index >= 15 is 0 Å². The fourth-order valence-corrected chi connectivity index (χ4v) is 3.02. The molecule has 0 saturated heterocycles. The molecule has 0 aliphatic carbocycles. The van der Waals surface area contributed by atoms with E-state index in [1.54, 1.807) is 18.3 Å². The summed E-state index contributed by atoms with van der Waals surface area (Å²) in [7, 11) is -3.80. The fraction of sp³-hybridized carbons (Fsp3) is 0.0952. The maximum atomic E-state index is 12.0. The average molecular weight is 361 g/mol. The van der Waals surface area contributed by atoms with Crippen LogP contribution in [-0.2, 0) is 14.3 Å². The minimum atomic E-state index is -3.80. The predicted octanol–water partition coefficient (Wildman–Crippen LogP) is 3.30. The summed E-state index contributed by atoms with van der Waals surface area (Å²) in [4.78, 5) is 4.42. The third kappa shape index (κ3) is 4.49. The number of aromatic nitrogens is 1. The zero-order chi connectivity index (χ0) is 18.4. The molecule has 5 heteroatoms. The van der Waals surface area contributed by atoms with Crippen molar-refractivity contribution in [3.05, 3.63) is 71.9 Å². The van der Waals surface area contributed by atoms with Crippen molar-refractivity contribution >= 4 is 21.0 Å². The van der Waals surface area contributed by atoms with Gasteiger partial charge in [0, 0.05) is 17.1 Å². The van der Waals surface area contributed by atoms with E-state index in [1.165, 1.54) is 12.1 Å². The van der Waals surface area contributed by atoms with Gasteiger partial charge < -0.3 is 0 Å². The molecule has 3 aromatic rings. The number of aryl methyl sites for hydroxylation is 1. The topological polar surface area (TPSA) is 56.3 Å². The summed E-state index contributed by atoms with van der Waals surface area (Å²) in [5, 5.41) is 1.000. The van der Waals surface area contributed by atoms with Crippen LogP contribution in [0.15, 0.2) is 65.7 Å². The lowest BCUT2D eigenvalue weighted by molar-refractivity contribution is 0.363. The Morgan fingerprint density at radius 1 is 1.04 bits per heavy atom. The number of fused-ring (bicyclic) bond motifs is 1. The predicted molar refractivity (Wildman–Crippen MR) is 101 cm³/mol. The van der Waals surface area contributed by atoms with Gasteiger partial charge in [-0.25, -0.2) is 0 Å². The first-order valence-corrected chi connectivity index (χ1v) is 9.25. The van der Waals surface area contributed by atoms with Gasteiger partial charge in [0.05, 0.1) is 10.4 Å². The average Bonchev–Trinajstić information content (AvgIpc) is 2.65. The van der Waals surface area contributed by atoms with Crippen LogP contribution in [0.2, 0.25) is 0 Å². The molecule has 0 N–H and O–H groups in total. The molecule has 4 nitrogen and oxygen atoms in total. The van der Waals surface area contributed by atoms with Gasteiger partial charge in [-0.2, -0.15) is 8.42 Å². The summed E-state index contributed by atoms with van der Waals surface area (Å²) in [6, 6.07) is 16.1. The summed E-state index contributed by atoms with van der Waals surface area (Å²) < 4.78 is 28.9. The highest BCUT2D eigenvalue weighted by molar-refractivity contribution is 7.86. The van der Waals surface area contributed by atoms with Crippen molar-refractivity contribution in [2.45, 2.75) is 11.8 Å². The molecule has 0 amide bonds. The van der Waals surface area contributed by atoms with Crippen LogP contribution in [0.3, 0.4) is 0 Å². The van der Waals surface area contributed by atoms with E-state index in [-0.39, 0.29) is 11.5 Å². The van der Waals surface area contributed by atoms with Gasteiger partial charge >= 0.3 is 0 Å². The monoisotopic (exact) mass is 361 g/mol. The van der Waals surface area contributed by atoms with E-state index in [9.17, 15) is 8.42 Å². The number of benzene rings is 2. The van der Waals surface area contributed by atoms with E-state index in [0.717, 1.165) is 22.0 Å². The maximum absolute atomic E-state index is 12.0. The quantitative estimate of drug-likeness (QED) is 0.531. The van der Waals surface area contributed by atoms with Crippen molar-refractivity contribution in [3.8, 4) is 23.7 Å². The Hall–Kier alpha value is -3.12. The van der Waals surface area contributed by atoms with Gasteiger partial charge in [0.25, 0.3) is 10.1 Å². The van der Waals surface area contributed by atoms with Crippen LogP contribution in [0.1, 0.15) is 11.1 Å². The number of nitrogens with zero attached hydrogens (tertiary/aromatic N) is 1. The molecule has 3 rings (SSSR count). The molecule has 0 atom stereocenters. The molecule has 0 aliphatic heterocycles.